The van der Waals surface area contributed by atoms with E-state index in [0.29, 0.717) is 19.3 Å². The molecule has 462 valence electrons. The van der Waals surface area contributed by atoms with Gasteiger partial charge in [0.05, 0.1) is 6.61 Å². The summed E-state index contributed by atoms with van der Waals surface area (Å²) in [5.41, 5.74) is 0. The molecule has 0 aromatic heterocycles. The minimum absolute atomic E-state index is 0.0515. The molecule has 1 rings (SSSR count). The molecule has 0 saturated carbocycles. The van der Waals surface area contributed by atoms with Gasteiger partial charge in [-0.25, -0.2) is 4.79 Å². The number of rotatable bonds is 54. The Morgan fingerprint density at radius 1 is 0.420 bits per heavy atom. The quantitative estimate of drug-likeness (QED) is 0.0228. The summed E-state index contributed by atoms with van der Waals surface area (Å²) in [7, 11) is 0. The molecule has 6 atom stereocenters. The van der Waals surface area contributed by atoms with Gasteiger partial charge in [0.1, 0.15) is 18.8 Å². The Balaban J connectivity index is 2.71. The van der Waals surface area contributed by atoms with Crippen LogP contribution in [0.25, 0.3) is 0 Å². The molecule has 6 unspecified atom stereocenters. The van der Waals surface area contributed by atoms with Gasteiger partial charge in [0.25, 0.3) is 0 Å². The summed E-state index contributed by atoms with van der Waals surface area (Å²) in [6.07, 6.45) is 62.3. The van der Waals surface area contributed by atoms with Crippen LogP contribution in [-0.2, 0) is 42.9 Å². The number of aliphatic carboxylic acids is 1. The van der Waals surface area contributed by atoms with Crippen LogP contribution in [0.5, 0.6) is 0 Å². The van der Waals surface area contributed by atoms with Gasteiger partial charge in [0.15, 0.2) is 24.6 Å². The van der Waals surface area contributed by atoms with Gasteiger partial charge in [0, 0.05) is 19.3 Å². The molecule has 0 bridgehead atoms. The maximum atomic E-state index is 13.2. The van der Waals surface area contributed by atoms with Crippen molar-refractivity contribution in [1.82, 2.24) is 0 Å². The van der Waals surface area contributed by atoms with Crippen molar-refractivity contribution in [3.8, 4) is 0 Å². The van der Waals surface area contributed by atoms with Crippen molar-refractivity contribution in [1.29, 1.82) is 0 Å². The highest BCUT2D eigenvalue weighted by Gasteiger charge is 2.50. The van der Waals surface area contributed by atoms with Crippen LogP contribution in [0.3, 0.4) is 0 Å². The minimum atomic E-state index is -1.92. The van der Waals surface area contributed by atoms with E-state index in [0.717, 1.165) is 109 Å². The Bertz CT molecular complexity index is 1780. The highest BCUT2D eigenvalue weighted by atomic mass is 16.7. The number of carbonyl (C=O) groups excluding carboxylic acids is 3. The first-order valence-corrected chi connectivity index (χ1v) is 32.2. The summed E-state index contributed by atoms with van der Waals surface area (Å²) in [5.74, 6) is -3.24. The Kier molecular flexibility index (Phi) is 51.7. The van der Waals surface area contributed by atoms with Crippen LogP contribution in [0.15, 0.2) is 97.2 Å². The minimum Gasteiger partial charge on any atom is -0.479 e. The van der Waals surface area contributed by atoms with Crippen molar-refractivity contribution in [2.24, 2.45) is 0 Å². The van der Waals surface area contributed by atoms with Crippen molar-refractivity contribution in [2.75, 3.05) is 13.2 Å². The number of carboxylic acids is 1. The summed E-state index contributed by atoms with van der Waals surface area (Å²) < 4.78 is 28.4. The van der Waals surface area contributed by atoms with E-state index in [2.05, 4.69) is 106 Å². The first-order chi connectivity index (χ1) is 39.6. The highest BCUT2D eigenvalue weighted by Crippen LogP contribution is 2.26. The summed E-state index contributed by atoms with van der Waals surface area (Å²) in [6.45, 7) is 5.80. The Morgan fingerprint density at radius 3 is 1.26 bits per heavy atom. The fourth-order valence-electron chi connectivity index (χ4n) is 9.25. The lowest BCUT2D eigenvalue weighted by Crippen LogP contribution is -2.61. The normalized spacial score (nSPS) is 18.4. The van der Waals surface area contributed by atoms with Gasteiger partial charge in [-0.05, 0) is 89.9 Å². The van der Waals surface area contributed by atoms with Crippen molar-refractivity contribution < 1.29 is 58.2 Å². The van der Waals surface area contributed by atoms with E-state index in [9.17, 15) is 34.5 Å². The number of aliphatic hydroxyl groups excluding tert-OH is 2. The number of aliphatic hydroxyl groups is 2. The third-order valence-electron chi connectivity index (χ3n) is 14.2. The molecular weight excluding hydrogens is 1020 g/mol. The van der Waals surface area contributed by atoms with E-state index in [1.54, 1.807) is 0 Å². The SMILES string of the molecule is CC/C=C\C/C=C\C/C=C\C/C=C\C/C=C\C/C=C\CCC(=O)OCC(COC1OC(C(=O)O)C(O)C(O)C1OC(=O)CCCCCCCCCCCCCCCCCCC)OC(=O)CCCCCCC/C=C\C/C=C\CCCCC. The van der Waals surface area contributed by atoms with Crippen LogP contribution in [0.2, 0.25) is 0 Å². The van der Waals surface area contributed by atoms with Gasteiger partial charge in [-0.3, -0.25) is 14.4 Å². The molecule has 1 fully saturated rings. The van der Waals surface area contributed by atoms with E-state index in [1.165, 1.54) is 96.3 Å². The summed E-state index contributed by atoms with van der Waals surface area (Å²) in [4.78, 5) is 51.3. The van der Waals surface area contributed by atoms with Crippen molar-refractivity contribution in [2.45, 2.75) is 302 Å². The zero-order chi connectivity index (χ0) is 58.9. The predicted molar refractivity (Wildman–Crippen MR) is 331 cm³/mol. The molecule has 1 aliphatic heterocycles. The van der Waals surface area contributed by atoms with E-state index in [-0.39, 0.29) is 25.9 Å². The molecule has 1 aliphatic rings. The molecule has 3 N–H and O–H groups in total. The number of carboxylic acid groups (broad SMARTS) is 1. The fraction of sp³-hybridized carbons (Fsp3) is 0.710. The average molecular weight is 1140 g/mol. The molecule has 0 spiro atoms. The summed E-state index contributed by atoms with van der Waals surface area (Å²) in [5, 5.41) is 31.6. The van der Waals surface area contributed by atoms with Crippen molar-refractivity contribution >= 4 is 23.9 Å². The number of hydrogen-bond acceptors (Lipinski definition) is 11. The smallest absolute Gasteiger partial charge is 0.335 e. The molecule has 1 saturated heterocycles. The van der Waals surface area contributed by atoms with Crippen molar-refractivity contribution in [3.05, 3.63) is 97.2 Å². The molecule has 0 aliphatic carbocycles. The molecule has 0 aromatic rings. The molecular formula is C69H114O12. The number of ether oxygens (including phenoxy) is 5. The number of allylic oxidation sites excluding steroid dienone is 16. The highest BCUT2D eigenvalue weighted by molar-refractivity contribution is 5.74. The van der Waals surface area contributed by atoms with Crippen LogP contribution in [-0.4, -0.2) is 89.2 Å². The van der Waals surface area contributed by atoms with Crippen LogP contribution < -0.4 is 0 Å². The number of hydrogen-bond donors (Lipinski definition) is 3. The van der Waals surface area contributed by atoms with E-state index in [1.807, 2.05) is 12.2 Å². The molecule has 1 heterocycles. The average Bonchev–Trinajstić information content (AvgIpc) is 3.53. The van der Waals surface area contributed by atoms with Crippen LogP contribution >= 0.6 is 0 Å². The number of unbranched alkanes of at least 4 members (excludes halogenated alkanes) is 24. The Labute approximate surface area is 492 Å². The summed E-state index contributed by atoms with van der Waals surface area (Å²) >= 11 is 0. The van der Waals surface area contributed by atoms with E-state index >= 15 is 0 Å². The van der Waals surface area contributed by atoms with Gasteiger partial charge in [-0.15, -0.1) is 0 Å². The van der Waals surface area contributed by atoms with E-state index < -0.39 is 67.3 Å². The zero-order valence-corrected chi connectivity index (χ0v) is 51.0. The fourth-order valence-corrected chi connectivity index (χ4v) is 9.25. The third kappa shape index (κ3) is 45.8. The maximum Gasteiger partial charge on any atom is 0.335 e. The summed E-state index contributed by atoms with van der Waals surface area (Å²) in [6, 6.07) is 0. The molecule has 12 nitrogen and oxygen atoms in total. The van der Waals surface area contributed by atoms with Gasteiger partial charge < -0.3 is 39.0 Å². The van der Waals surface area contributed by atoms with Gasteiger partial charge in [-0.2, -0.15) is 0 Å². The molecule has 0 amide bonds. The van der Waals surface area contributed by atoms with Crippen molar-refractivity contribution in [3.63, 3.8) is 0 Å². The first-order valence-electron chi connectivity index (χ1n) is 32.2. The topological polar surface area (TPSA) is 175 Å². The van der Waals surface area contributed by atoms with Gasteiger partial charge >= 0.3 is 23.9 Å². The zero-order valence-electron chi connectivity index (χ0n) is 51.0. The lowest BCUT2D eigenvalue weighted by Gasteiger charge is -2.40. The molecule has 0 aromatic carbocycles. The second kappa shape index (κ2) is 56.1. The second-order valence-electron chi connectivity index (χ2n) is 21.7. The number of carbonyl (C=O) groups is 4. The molecule has 12 heteroatoms. The van der Waals surface area contributed by atoms with Crippen LogP contribution in [0.4, 0.5) is 0 Å². The second-order valence-corrected chi connectivity index (χ2v) is 21.7. The van der Waals surface area contributed by atoms with Gasteiger partial charge in [-0.1, -0.05) is 253 Å². The lowest BCUT2D eigenvalue weighted by atomic mass is 9.98. The number of esters is 3. The monoisotopic (exact) mass is 1130 g/mol. The van der Waals surface area contributed by atoms with Crippen LogP contribution in [0.1, 0.15) is 265 Å². The Morgan fingerprint density at radius 2 is 0.802 bits per heavy atom. The standard InChI is InChI=1S/C69H114O12/c1-4-7-10-13-16-19-22-25-28-30-31-33-35-37-40-43-46-49-52-55-61(70)77-58-60(79-62(71)56-53-50-47-44-41-38-34-27-24-21-18-15-12-9-6-3)59-78-69-67(65(74)64(73)66(81-69)68(75)76)80-63(72)57-54-51-48-45-42-39-36-32-29-26-23-20-17-14-11-8-5-2/h7,10,16,18-19,21,25,27-28,31,33-34,37,40,46,49,60,64-67,69,73-74H,4-6,8-9,11-15,17,20,22-24,26,29-30,32,35-36,38-39,41-45,47-48,50-59H2,1-3H3,(H,75,76)/b10-7-,19-16-,21-18-,28-25-,33-31-,34-27-,40-37-,49-46-. The van der Waals surface area contributed by atoms with Crippen LogP contribution in [0, 0.1) is 0 Å². The predicted octanol–water partition coefficient (Wildman–Crippen LogP) is 17.2. The van der Waals surface area contributed by atoms with Gasteiger partial charge in [0.2, 0.25) is 0 Å². The maximum absolute atomic E-state index is 13.2. The molecule has 81 heavy (non-hydrogen) atoms. The first kappa shape index (κ1) is 74.7. The molecule has 0 radical (unpaired) electrons. The third-order valence-corrected chi connectivity index (χ3v) is 14.2. The lowest BCUT2D eigenvalue weighted by molar-refractivity contribution is -0.301. The largest absolute Gasteiger partial charge is 0.479 e. The van der Waals surface area contributed by atoms with E-state index in [4.69, 9.17) is 23.7 Å². The Hall–Kier alpha value is -4.36.